The van der Waals surface area contributed by atoms with Crippen molar-refractivity contribution >= 4 is 27.1 Å². The van der Waals surface area contributed by atoms with E-state index < -0.39 is 9.84 Å². The Labute approximate surface area is 151 Å². The number of sulfone groups is 1. The molecule has 0 unspecified atom stereocenters. The van der Waals surface area contributed by atoms with E-state index >= 15 is 0 Å². The Hall–Kier alpha value is -2.31. The summed E-state index contributed by atoms with van der Waals surface area (Å²) in [6.07, 6.45) is 2.83. The molecule has 130 valence electrons. The van der Waals surface area contributed by atoms with Crippen molar-refractivity contribution in [3.05, 3.63) is 65.1 Å². The van der Waals surface area contributed by atoms with Crippen LogP contribution in [0.5, 0.6) is 0 Å². The van der Waals surface area contributed by atoms with E-state index in [4.69, 9.17) is 16.0 Å². The fourth-order valence-electron chi connectivity index (χ4n) is 2.36. The number of hydrogen-bond acceptors (Lipinski definition) is 5. The summed E-state index contributed by atoms with van der Waals surface area (Å²) in [6.45, 7) is 2.25. The van der Waals surface area contributed by atoms with Crippen molar-refractivity contribution in [1.82, 2.24) is 4.98 Å². The molecule has 0 saturated carbocycles. The van der Waals surface area contributed by atoms with E-state index in [1.54, 1.807) is 36.5 Å². The Morgan fingerprint density at radius 2 is 2.00 bits per heavy atom. The summed E-state index contributed by atoms with van der Waals surface area (Å²) in [5, 5.41) is 3.80. The highest BCUT2D eigenvalue weighted by Gasteiger charge is 2.11. The van der Waals surface area contributed by atoms with Crippen molar-refractivity contribution in [2.45, 2.75) is 18.4 Å². The molecule has 7 heteroatoms. The first-order valence-electron chi connectivity index (χ1n) is 7.58. The Morgan fingerprint density at radius 1 is 1.20 bits per heavy atom. The van der Waals surface area contributed by atoms with Crippen molar-refractivity contribution in [2.24, 2.45) is 0 Å². The predicted molar refractivity (Wildman–Crippen MR) is 98.6 cm³/mol. The van der Waals surface area contributed by atoms with Crippen LogP contribution in [0.4, 0.5) is 5.69 Å². The van der Waals surface area contributed by atoms with Crippen LogP contribution < -0.4 is 5.32 Å². The fraction of sp³-hybridized carbons (Fsp3) is 0.167. The van der Waals surface area contributed by atoms with Gasteiger partial charge in [0.25, 0.3) is 0 Å². The SMILES string of the molecule is Cc1ccc(S(C)(=O)=O)cc1NCc1ncc(-c2cccc(Cl)c2)o1. The van der Waals surface area contributed by atoms with Crippen molar-refractivity contribution in [3.8, 4) is 11.3 Å². The minimum atomic E-state index is -3.25. The van der Waals surface area contributed by atoms with Crippen LogP contribution in [0.1, 0.15) is 11.5 Å². The van der Waals surface area contributed by atoms with Crippen molar-refractivity contribution in [1.29, 1.82) is 0 Å². The highest BCUT2D eigenvalue weighted by Crippen LogP contribution is 2.25. The zero-order chi connectivity index (χ0) is 18.0. The van der Waals surface area contributed by atoms with Crippen LogP contribution in [-0.2, 0) is 16.4 Å². The molecule has 0 aliphatic carbocycles. The van der Waals surface area contributed by atoms with Gasteiger partial charge in [0.15, 0.2) is 15.6 Å². The Kier molecular flexibility index (Phi) is 4.83. The van der Waals surface area contributed by atoms with E-state index in [1.807, 2.05) is 19.1 Å². The lowest BCUT2D eigenvalue weighted by Gasteiger charge is -2.09. The van der Waals surface area contributed by atoms with Gasteiger partial charge in [0.2, 0.25) is 5.89 Å². The second kappa shape index (κ2) is 6.90. The van der Waals surface area contributed by atoms with Crippen LogP contribution in [0.2, 0.25) is 5.02 Å². The van der Waals surface area contributed by atoms with E-state index in [9.17, 15) is 8.42 Å². The number of benzene rings is 2. The largest absolute Gasteiger partial charge is 0.439 e. The predicted octanol–water partition coefficient (Wildman–Crippen LogP) is 4.32. The first-order chi connectivity index (χ1) is 11.8. The van der Waals surface area contributed by atoms with Crippen molar-refractivity contribution < 1.29 is 12.8 Å². The summed E-state index contributed by atoms with van der Waals surface area (Å²) < 4.78 is 29.1. The molecule has 2 aromatic carbocycles. The summed E-state index contributed by atoms with van der Waals surface area (Å²) in [5.74, 6) is 1.13. The Balaban J connectivity index is 1.77. The van der Waals surface area contributed by atoms with Crippen molar-refractivity contribution in [2.75, 3.05) is 11.6 Å². The summed E-state index contributed by atoms with van der Waals surface area (Å²) >= 11 is 5.99. The number of aryl methyl sites for hydroxylation is 1. The van der Waals surface area contributed by atoms with Crippen LogP contribution in [-0.4, -0.2) is 19.7 Å². The molecule has 3 aromatic rings. The van der Waals surface area contributed by atoms with Gasteiger partial charge in [-0.2, -0.15) is 0 Å². The van der Waals surface area contributed by atoms with Gasteiger partial charge >= 0.3 is 0 Å². The number of anilines is 1. The topological polar surface area (TPSA) is 72.2 Å². The number of hydrogen-bond donors (Lipinski definition) is 1. The van der Waals surface area contributed by atoms with E-state index in [0.29, 0.717) is 23.2 Å². The van der Waals surface area contributed by atoms with Crippen LogP contribution in [0.25, 0.3) is 11.3 Å². The Bertz CT molecular complexity index is 1010. The number of aromatic nitrogens is 1. The molecule has 0 amide bonds. The molecule has 0 aliphatic rings. The molecular weight excluding hydrogens is 360 g/mol. The molecular formula is C18H17ClN2O3S. The molecule has 1 N–H and O–H groups in total. The molecule has 5 nitrogen and oxygen atoms in total. The van der Waals surface area contributed by atoms with Gasteiger partial charge < -0.3 is 9.73 Å². The lowest BCUT2D eigenvalue weighted by molar-refractivity contribution is 0.516. The van der Waals surface area contributed by atoms with Gasteiger partial charge in [0.05, 0.1) is 17.6 Å². The van der Waals surface area contributed by atoms with E-state index in [0.717, 1.165) is 16.8 Å². The monoisotopic (exact) mass is 376 g/mol. The second-order valence-electron chi connectivity index (χ2n) is 5.73. The molecule has 0 fully saturated rings. The molecule has 1 aromatic heterocycles. The molecule has 0 bridgehead atoms. The standard InChI is InChI=1S/C18H17ClN2O3S/c1-12-6-7-15(25(2,22)23)9-16(12)20-11-18-21-10-17(24-18)13-4-3-5-14(19)8-13/h3-10,20H,11H2,1-2H3. The van der Waals surface area contributed by atoms with E-state index in [1.165, 1.54) is 6.26 Å². The van der Waals surface area contributed by atoms with E-state index in [2.05, 4.69) is 10.3 Å². The maximum absolute atomic E-state index is 11.7. The van der Waals surface area contributed by atoms with Gasteiger partial charge in [-0.15, -0.1) is 0 Å². The average molecular weight is 377 g/mol. The second-order valence-corrected chi connectivity index (χ2v) is 8.18. The molecule has 0 aliphatic heterocycles. The molecule has 3 rings (SSSR count). The number of nitrogens with one attached hydrogen (secondary N) is 1. The highest BCUT2D eigenvalue weighted by atomic mass is 35.5. The number of halogens is 1. The van der Waals surface area contributed by atoms with Crippen molar-refractivity contribution in [3.63, 3.8) is 0 Å². The normalized spacial score (nSPS) is 11.5. The van der Waals surface area contributed by atoms with Gasteiger partial charge in [-0.1, -0.05) is 29.8 Å². The number of oxazole rings is 1. The first kappa shape index (κ1) is 17.5. The molecule has 0 spiro atoms. The first-order valence-corrected chi connectivity index (χ1v) is 9.85. The van der Waals surface area contributed by atoms with Crippen LogP contribution in [0, 0.1) is 6.92 Å². The third-order valence-electron chi connectivity index (χ3n) is 3.73. The minimum absolute atomic E-state index is 0.271. The van der Waals surface area contributed by atoms with Gasteiger partial charge in [0, 0.05) is 22.5 Å². The minimum Gasteiger partial charge on any atom is -0.439 e. The third kappa shape index (κ3) is 4.21. The lowest BCUT2D eigenvalue weighted by atomic mass is 10.2. The zero-order valence-electron chi connectivity index (χ0n) is 13.8. The zero-order valence-corrected chi connectivity index (χ0v) is 15.4. The quantitative estimate of drug-likeness (QED) is 0.718. The molecule has 0 radical (unpaired) electrons. The summed E-state index contributed by atoms with van der Waals surface area (Å²) in [5.41, 5.74) is 2.51. The van der Waals surface area contributed by atoms with Gasteiger partial charge in [0.1, 0.15) is 0 Å². The molecule has 25 heavy (non-hydrogen) atoms. The average Bonchev–Trinajstić information content (AvgIpc) is 3.02. The molecule has 0 saturated heterocycles. The lowest BCUT2D eigenvalue weighted by Crippen LogP contribution is -2.04. The van der Waals surface area contributed by atoms with Gasteiger partial charge in [-0.05, 0) is 36.8 Å². The fourth-order valence-corrected chi connectivity index (χ4v) is 3.20. The van der Waals surface area contributed by atoms with Crippen LogP contribution >= 0.6 is 11.6 Å². The van der Waals surface area contributed by atoms with Gasteiger partial charge in [-0.25, -0.2) is 13.4 Å². The summed E-state index contributed by atoms with van der Waals surface area (Å²) in [6, 6.07) is 12.3. The smallest absolute Gasteiger partial charge is 0.214 e. The van der Waals surface area contributed by atoms with Crippen LogP contribution in [0.15, 0.2) is 58.0 Å². The number of nitrogens with zero attached hydrogens (tertiary/aromatic N) is 1. The number of rotatable bonds is 5. The van der Waals surface area contributed by atoms with Crippen LogP contribution in [0.3, 0.4) is 0 Å². The maximum atomic E-state index is 11.7. The third-order valence-corrected chi connectivity index (χ3v) is 5.08. The highest BCUT2D eigenvalue weighted by molar-refractivity contribution is 7.90. The Morgan fingerprint density at radius 3 is 2.72 bits per heavy atom. The summed E-state index contributed by atoms with van der Waals surface area (Å²) in [7, 11) is -3.25. The van der Waals surface area contributed by atoms with E-state index in [-0.39, 0.29) is 4.90 Å². The molecule has 0 atom stereocenters. The summed E-state index contributed by atoms with van der Waals surface area (Å²) in [4.78, 5) is 4.52. The maximum Gasteiger partial charge on any atom is 0.214 e. The molecule has 1 heterocycles. The van der Waals surface area contributed by atoms with Gasteiger partial charge in [-0.3, -0.25) is 0 Å².